The second-order valence-corrected chi connectivity index (χ2v) is 7.19. The maximum atomic E-state index is 12.3. The van der Waals surface area contributed by atoms with Gasteiger partial charge in [0.15, 0.2) is 0 Å². The number of para-hydroxylation sites is 1. The number of rotatable bonds is 5. The van der Waals surface area contributed by atoms with E-state index in [1.807, 2.05) is 50.8 Å². The normalized spacial score (nSPS) is 16.8. The fraction of sp³-hybridized carbons (Fsp3) is 0.579. The van der Waals surface area contributed by atoms with Gasteiger partial charge in [0.05, 0.1) is 12.6 Å². The Balaban J connectivity index is 1.84. The summed E-state index contributed by atoms with van der Waals surface area (Å²) in [4.78, 5) is 28.5. The molecule has 1 saturated heterocycles. The minimum atomic E-state index is -0.445. The Morgan fingerprint density at radius 3 is 2.20 bits per heavy atom. The molecule has 0 bridgehead atoms. The fourth-order valence-corrected chi connectivity index (χ4v) is 3.02. The first-order chi connectivity index (χ1) is 11.8. The monoisotopic (exact) mass is 346 g/mol. The number of nitrogens with two attached hydrogens (primary N) is 1. The maximum Gasteiger partial charge on any atom is 0.239 e. The van der Waals surface area contributed by atoms with E-state index in [0.29, 0.717) is 32.7 Å². The lowest BCUT2D eigenvalue weighted by atomic mass is 10.0. The molecule has 1 aliphatic rings. The minimum Gasteiger partial charge on any atom is -0.339 e. The van der Waals surface area contributed by atoms with Crippen molar-refractivity contribution < 1.29 is 9.59 Å². The van der Waals surface area contributed by atoms with Gasteiger partial charge >= 0.3 is 0 Å². The van der Waals surface area contributed by atoms with Gasteiger partial charge in [0, 0.05) is 31.9 Å². The number of nitrogens with one attached hydrogen (secondary N) is 1. The minimum absolute atomic E-state index is 0.00892. The largest absolute Gasteiger partial charge is 0.339 e. The van der Waals surface area contributed by atoms with Crippen LogP contribution in [0.3, 0.4) is 0 Å². The second kappa shape index (κ2) is 8.45. The zero-order chi connectivity index (χ0) is 18.6. The van der Waals surface area contributed by atoms with Gasteiger partial charge in [-0.05, 0) is 30.9 Å². The number of amides is 2. The summed E-state index contributed by atoms with van der Waals surface area (Å²) < 4.78 is 0. The van der Waals surface area contributed by atoms with Crippen molar-refractivity contribution in [1.82, 2.24) is 9.80 Å². The highest BCUT2D eigenvalue weighted by molar-refractivity contribution is 5.93. The molecule has 0 saturated carbocycles. The lowest BCUT2D eigenvalue weighted by molar-refractivity contribution is -0.135. The zero-order valence-corrected chi connectivity index (χ0v) is 15.7. The molecule has 1 aromatic rings. The van der Waals surface area contributed by atoms with Gasteiger partial charge in [-0.2, -0.15) is 0 Å². The first kappa shape index (κ1) is 19.4. The van der Waals surface area contributed by atoms with E-state index in [4.69, 9.17) is 5.73 Å². The lowest BCUT2D eigenvalue weighted by Gasteiger charge is -2.36. The van der Waals surface area contributed by atoms with Crippen LogP contribution in [0.25, 0.3) is 0 Å². The third-order valence-electron chi connectivity index (χ3n) is 4.80. The molecule has 1 atom stereocenters. The quantitative estimate of drug-likeness (QED) is 0.844. The maximum absolute atomic E-state index is 12.3. The highest BCUT2D eigenvalue weighted by atomic mass is 16.2. The van der Waals surface area contributed by atoms with Crippen molar-refractivity contribution in [2.75, 3.05) is 38.0 Å². The highest BCUT2D eigenvalue weighted by Crippen LogP contribution is 2.19. The number of benzene rings is 1. The van der Waals surface area contributed by atoms with E-state index in [1.54, 1.807) is 0 Å². The topological polar surface area (TPSA) is 78.7 Å². The van der Waals surface area contributed by atoms with E-state index in [0.717, 1.165) is 16.8 Å². The van der Waals surface area contributed by atoms with Crippen LogP contribution in [0.4, 0.5) is 5.69 Å². The molecule has 2 amide bonds. The Morgan fingerprint density at radius 2 is 1.68 bits per heavy atom. The second-order valence-electron chi connectivity index (χ2n) is 7.19. The van der Waals surface area contributed by atoms with E-state index in [9.17, 15) is 9.59 Å². The molecule has 1 fully saturated rings. The van der Waals surface area contributed by atoms with Gasteiger partial charge in [0.25, 0.3) is 0 Å². The molecule has 3 N–H and O–H groups in total. The van der Waals surface area contributed by atoms with Gasteiger partial charge in [0.1, 0.15) is 0 Å². The van der Waals surface area contributed by atoms with E-state index in [2.05, 4.69) is 10.2 Å². The molecule has 0 spiro atoms. The molecule has 1 aromatic carbocycles. The molecule has 0 unspecified atom stereocenters. The van der Waals surface area contributed by atoms with Crippen molar-refractivity contribution in [3.63, 3.8) is 0 Å². The number of hydrogen-bond acceptors (Lipinski definition) is 4. The standard InChI is InChI=1S/C19H30N4O2/c1-13(2)17(20)19(25)23-10-8-22(9-11-23)12-16(24)21-18-14(3)6-5-7-15(18)4/h5-7,13,17H,8-12,20H2,1-4H3,(H,21,24)/t17-/m0/s1. The summed E-state index contributed by atoms with van der Waals surface area (Å²) in [5.41, 5.74) is 8.97. The van der Waals surface area contributed by atoms with E-state index < -0.39 is 6.04 Å². The Kier molecular flexibility index (Phi) is 6.56. The molecule has 138 valence electrons. The third-order valence-corrected chi connectivity index (χ3v) is 4.80. The summed E-state index contributed by atoms with van der Waals surface area (Å²) in [6.45, 7) is 10.9. The Hall–Kier alpha value is -1.92. The van der Waals surface area contributed by atoms with Gasteiger partial charge in [-0.1, -0.05) is 32.0 Å². The van der Waals surface area contributed by atoms with Crippen LogP contribution in [0.15, 0.2) is 18.2 Å². The van der Waals surface area contributed by atoms with E-state index in [1.165, 1.54) is 0 Å². The molecule has 1 heterocycles. The molecule has 0 aliphatic carbocycles. The molecular formula is C19H30N4O2. The highest BCUT2D eigenvalue weighted by Gasteiger charge is 2.27. The number of carbonyl (C=O) groups is 2. The SMILES string of the molecule is Cc1cccc(C)c1NC(=O)CN1CCN(C(=O)[C@@H](N)C(C)C)CC1. The number of aryl methyl sites for hydroxylation is 2. The van der Waals surface area contributed by atoms with Crippen LogP contribution >= 0.6 is 0 Å². The van der Waals surface area contributed by atoms with Crippen molar-refractivity contribution in [1.29, 1.82) is 0 Å². The van der Waals surface area contributed by atoms with Crippen molar-refractivity contribution in [3.05, 3.63) is 29.3 Å². The number of carbonyl (C=O) groups excluding carboxylic acids is 2. The lowest BCUT2D eigenvalue weighted by Crippen LogP contribution is -2.55. The number of nitrogens with zero attached hydrogens (tertiary/aromatic N) is 2. The molecular weight excluding hydrogens is 316 g/mol. The van der Waals surface area contributed by atoms with Gasteiger partial charge < -0.3 is 16.0 Å². The Bertz CT molecular complexity index is 602. The summed E-state index contributed by atoms with van der Waals surface area (Å²) in [6, 6.07) is 5.52. The first-order valence-corrected chi connectivity index (χ1v) is 8.92. The average Bonchev–Trinajstić information content (AvgIpc) is 2.57. The average molecular weight is 346 g/mol. The van der Waals surface area contributed by atoms with Crippen molar-refractivity contribution >= 4 is 17.5 Å². The van der Waals surface area contributed by atoms with Crippen LogP contribution in [0, 0.1) is 19.8 Å². The van der Waals surface area contributed by atoms with Crippen LogP contribution in [0.5, 0.6) is 0 Å². The smallest absolute Gasteiger partial charge is 0.239 e. The molecule has 2 rings (SSSR count). The van der Waals surface area contributed by atoms with Crippen molar-refractivity contribution in [2.45, 2.75) is 33.7 Å². The number of hydrogen-bond donors (Lipinski definition) is 2. The van der Waals surface area contributed by atoms with Crippen LogP contribution in [-0.4, -0.2) is 60.4 Å². The number of piperazine rings is 1. The molecule has 25 heavy (non-hydrogen) atoms. The summed E-state index contributed by atoms with van der Waals surface area (Å²) in [5, 5.41) is 3.01. The van der Waals surface area contributed by atoms with Crippen LogP contribution in [0.1, 0.15) is 25.0 Å². The number of anilines is 1. The van der Waals surface area contributed by atoms with Gasteiger partial charge in [-0.3, -0.25) is 14.5 Å². The van der Waals surface area contributed by atoms with E-state index in [-0.39, 0.29) is 17.7 Å². The predicted molar refractivity (Wildman–Crippen MR) is 100 cm³/mol. The molecule has 6 heteroatoms. The summed E-state index contributed by atoms with van der Waals surface area (Å²) in [7, 11) is 0. The van der Waals surface area contributed by atoms with Crippen LogP contribution < -0.4 is 11.1 Å². The summed E-state index contributed by atoms with van der Waals surface area (Å²) in [6.07, 6.45) is 0. The zero-order valence-electron chi connectivity index (χ0n) is 15.7. The summed E-state index contributed by atoms with van der Waals surface area (Å²) >= 11 is 0. The van der Waals surface area contributed by atoms with Gasteiger partial charge in [0.2, 0.25) is 11.8 Å². The van der Waals surface area contributed by atoms with E-state index >= 15 is 0 Å². The predicted octanol–water partition coefficient (Wildman–Crippen LogP) is 1.37. The third kappa shape index (κ3) is 5.03. The van der Waals surface area contributed by atoms with Crippen LogP contribution in [-0.2, 0) is 9.59 Å². The Labute approximate surface area is 150 Å². The van der Waals surface area contributed by atoms with Crippen molar-refractivity contribution in [2.24, 2.45) is 11.7 Å². The first-order valence-electron chi connectivity index (χ1n) is 8.92. The fourth-order valence-electron chi connectivity index (χ4n) is 3.02. The Morgan fingerprint density at radius 1 is 1.12 bits per heavy atom. The molecule has 0 radical (unpaired) electrons. The molecule has 6 nitrogen and oxygen atoms in total. The molecule has 0 aromatic heterocycles. The van der Waals surface area contributed by atoms with Gasteiger partial charge in [-0.15, -0.1) is 0 Å². The van der Waals surface area contributed by atoms with Gasteiger partial charge in [-0.25, -0.2) is 0 Å². The summed E-state index contributed by atoms with van der Waals surface area (Å²) in [5.74, 6) is 0.124. The van der Waals surface area contributed by atoms with Crippen molar-refractivity contribution in [3.8, 4) is 0 Å². The van der Waals surface area contributed by atoms with Crippen LogP contribution in [0.2, 0.25) is 0 Å². The molecule has 1 aliphatic heterocycles.